The fraction of sp³-hybridized carbons (Fsp3) is 0.571. The largest absolute Gasteiger partial charge is 0.328 e. The molecular weight excluding hydrogens is 251 g/mol. The van der Waals surface area contributed by atoms with Crippen LogP contribution in [0.15, 0.2) is 18.2 Å². The molecule has 1 heterocycles. The number of benzene rings is 1. The minimum Gasteiger partial charge on any atom is -0.328 e. The molecule has 0 radical (unpaired) electrons. The van der Waals surface area contributed by atoms with Crippen LogP contribution in [0, 0.1) is 11.7 Å². The Labute approximate surface area is 113 Å². The van der Waals surface area contributed by atoms with Gasteiger partial charge in [-0.2, -0.15) is 0 Å². The van der Waals surface area contributed by atoms with Gasteiger partial charge in [0, 0.05) is 17.6 Å². The molecule has 2 nitrogen and oxygen atoms in total. The van der Waals surface area contributed by atoms with Crippen LogP contribution in [0.3, 0.4) is 0 Å². The van der Waals surface area contributed by atoms with Gasteiger partial charge in [-0.05, 0) is 62.5 Å². The Morgan fingerprint density at radius 3 is 2.72 bits per heavy atom. The average Bonchev–Trinajstić information content (AvgIpc) is 2.34. The zero-order chi connectivity index (χ0) is 13.1. The molecule has 0 aromatic heterocycles. The number of likely N-dealkylation sites (tertiary alicyclic amines) is 1. The number of hydrogen-bond acceptors (Lipinski definition) is 2. The molecule has 1 atom stereocenters. The van der Waals surface area contributed by atoms with E-state index in [4.69, 9.17) is 17.3 Å². The molecule has 0 bridgehead atoms. The lowest BCUT2D eigenvalue weighted by atomic mass is 9.91. The third-order valence-corrected chi connectivity index (χ3v) is 4.15. The van der Waals surface area contributed by atoms with Crippen LogP contribution in [-0.2, 0) is 6.54 Å². The lowest BCUT2D eigenvalue weighted by Gasteiger charge is -2.33. The molecule has 1 aromatic carbocycles. The summed E-state index contributed by atoms with van der Waals surface area (Å²) in [7, 11) is 0. The lowest BCUT2D eigenvalue weighted by Crippen LogP contribution is -2.39. The predicted molar refractivity (Wildman–Crippen MR) is 73.1 cm³/mol. The maximum atomic E-state index is 13.2. The van der Waals surface area contributed by atoms with E-state index in [0.717, 1.165) is 38.0 Å². The number of piperidine rings is 1. The molecular formula is C14H20ClFN2. The molecule has 0 aliphatic carbocycles. The number of nitrogens with zero attached hydrogens (tertiary/aromatic N) is 1. The van der Waals surface area contributed by atoms with Gasteiger partial charge in [0.15, 0.2) is 0 Å². The Hall–Kier alpha value is -0.640. The fourth-order valence-corrected chi connectivity index (χ4v) is 2.72. The summed E-state index contributed by atoms with van der Waals surface area (Å²) in [5.74, 6) is 0.393. The van der Waals surface area contributed by atoms with Crippen molar-refractivity contribution in [1.82, 2.24) is 4.90 Å². The normalized spacial score (nSPS) is 20.0. The van der Waals surface area contributed by atoms with Crippen molar-refractivity contribution in [3.63, 3.8) is 0 Å². The number of rotatable bonds is 3. The molecule has 2 N–H and O–H groups in total. The highest BCUT2D eigenvalue weighted by atomic mass is 35.5. The van der Waals surface area contributed by atoms with E-state index in [1.165, 1.54) is 12.1 Å². The highest BCUT2D eigenvalue weighted by molar-refractivity contribution is 6.31. The van der Waals surface area contributed by atoms with Crippen LogP contribution in [0.2, 0.25) is 5.02 Å². The predicted octanol–water partition coefficient (Wildman–Crippen LogP) is 3.04. The lowest BCUT2D eigenvalue weighted by molar-refractivity contribution is 0.165. The van der Waals surface area contributed by atoms with Crippen molar-refractivity contribution in [2.75, 3.05) is 13.1 Å². The van der Waals surface area contributed by atoms with Crippen LogP contribution in [0.4, 0.5) is 4.39 Å². The summed E-state index contributed by atoms with van der Waals surface area (Å²) in [6.07, 6.45) is 2.23. The number of hydrogen-bond donors (Lipinski definition) is 1. The first-order valence-corrected chi connectivity index (χ1v) is 6.86. The van der Waals surface area contributed by atoms with E-state index in [2.05, 4.69) is 11.8 Å². The van der Waals surface area contributed by atoms with E-state index >= 15 is 0 Å². The maximum absolute atomic E-state index is 13.2. The molecule has 4 heteroatoms. The first-order chi connectivity index (χ1) is 8.56. The Morgan fingerprint density at radius 1 is 1.44 bits per heavy atom. The van der Waals surface area contributed by atoms with Crippen molar-refractivity contribution < 1.29 is 4.39 Å². The van der Waals surface area contributed by atoms with Crippen molar-refractivity contribution in [3.8, 4) is 0 Å². The van der Waals surface area contributed by atoms with E-state index in [9.17, 15) is 4.39 Å². The topological polar surface area (TPSA) is 29.3 Å². The average molecular weight is 271 g/mol. The minimum atomic E-state index is -0.222. The van der Waals surface area contributed by atoms with Gasteiger partial charge >= 0.3 is 0 Å². The summed E-state index contributed by atoms with van der Waals surface area (Å²) in [4.78, 5) is 2.32. The molecule has 1 unspecified atom stereocenters. The molecule has 0 amide bonds. The van der Waals surface area contributed by atoms with Crippen LogP contribution in [0.25, 0.3) is 0 Å². The molecule has 1 fully saturated rings. The Morgan fingerprint density at radius 2 is 2.11 bits per heavy atom. The second kappa shape index (κ2) is 6.00. The second-order valence-corrected chi connectivity index (χ2v) is 5.62. The third kappa shape index (κ3) is 3.44. The number of halogens is 2. The van der Waals surface area contributed by atoms with Crippen LogP contribution in [-0.4, -0.2) is 24.0 Å². The van der Waals surface area contributed by atoms with Crippen molar-refractivity contribution in [2.24, 2.45) is 11.7 Å². The monoisotopic (exact) mass is 270 g/mol. The van der Waals surface area contributed by atoms with Crippen molar-refractivity contribution in [2.45, 2.75) is 32.4 Å². The van der Waals surface area contributed by atoms with Crippen molar-refractivity contribution in [3.05, 3.63) is 34.6 Å². The van der Waals surface area contributed by atoms with Gasteiger partial charge in [0.05, 0.1) is 0 Å². The van der Waals surface area contributed by atoms with Crippen LogP contribution < -0.4 is 5.73 Å². The Balaban J connectivity index is 1.93. The Kier molecular flexibility index (Phi) is 4.60. The molecule has 18 heavy (non-hydrogen) atoms. The van der Waals surface area contributed by atoms with Gasteiger partial charge in [-0.3, -0.25) is 4.90 Å². The van der Waals surface area contributed by atoms with Gasteiger partial charge in [0.2, 0.25) is 0 Å². The van der Waals surface area contributed by atoms with E-state index in [1.54, 1.807) is 6.07 Å². The molecule has 100 valence electrons. The summed E-state index contributed by atoms with van der Waals surface area (Å²) in [5.41, 5.74) is 6.79. The highest BCUT2D eigenvalue weighted by Crippen LogP contribution is 2.24. The van der Waals surface area contributed by atoms with E-state index < -0.39 is 0 Å². The van der Waals surface area contributed by atoms with Gasteiger partial charge in [-0.15, -0.1) is 0 Å². The SMILES string of the molecule is CC(N)C1CCN(Cc2cc(F)ccc2Cl)CC1. The molecule has 0 spiro atoms. The Bertz CT molecular complexity index is 401. The standard InChI is InChI=1S/C14H20ClFN2/c1-10(17)11-4-6-18(7-5-11)9-12-8-13(16)2-3-14(12)15/h2-3,8,10-11H,4-7,9,17H2,1H3. The van der Waals surface area contributed by atoms with Crippen molar-refractivity contribution in [1.29, 1.82) is 0 Å². The quantitative estimate of drug-likeness (QED) is 0.915. The third-order valence-electron chi connectivity index (χ3n) is 3.78. The second-order valence-electron chi connectivity index (χ2n) is 5.21. The smallest absolute Gasteiger partial charge is 0.123 e. The van der Waals surface area contributed by atoms with Crippen molar-refractivity contribution >= 4 is 11.6 Å². The van der Waals surface area contributed by atoms with Crippen LogP contribution in [0.5, 0.6) is 0 Å². The zero-order valence-electron chi connectivity index (χ0n) is 10.7. The first-order valence-electron chi connectivity index (χ1n) is 6.48. The minimum absolute atomic E-state index is 0.222. The zero-order valence-corrected chi connectivity index (χ0v) is 11.5. The number of nitrogens with two attached hydrogens (primary N) is 1. The summed E-state index contributed by atoms with van der Waals surface area (Å²) >= 11 is 6.08. The molecule has 1 aliphatic heterocycles. The molecule has 1 aromatic rings. The van der Waals surface area contributed by atoms with Gasteiger partial charge in [-0.1, -0.05) is 11.6 Å². The summed E-state index contributed by atoms with van der Waals surface area (Å²) in [5, 5.41) is 0.644. The van der Waals surface area contributed by atoms with Gasteiger partial charge in [-0.25, -0.2) is 4.39 Å². The maximum Gasteiger partial charge on any atom is 0.123 e. The van der Waals surface area contributed by atoms with E-state index in [-0.39, 0.29) is 11.9 Å². The van der Waals surface area contributed by atoms with Gasteiger partial charge in [0.1, 0.15) is 5.82 Å². The molecule has 2 rings (SSSR count). The van der Waals surface area contributed by atoms with E-state index in [0.29, 0.717) is 10.9 Å². The van der Waals surface area contributed by atoms with Gasteiger partial charge < -0.3 is 5.73 Å². The van der Waals surface area contributed by atoms with E-state index in [1.807, 2.05) is 0 Å². The van der Waals surface area contributed by atoms with Crippen LogP contribution >= 0.6 is 11.6 Å². The van der Waals surface area contributed by atoms with Crippen LogP contribution in [0.1, 0.15) is 25.3 Å². The van der Waals surface area contributed by atoms with Gasteiger partial charge in [0.25, 0.3) is 0 Å². The summed E-state index contributed by atoms with van der Waals surface area (Å²) in [6.45, 7) is 4.82. The molecule has 1 aliphatic rings. The summed E-state index contributed by atoms with van der Waals surface area (Å²) in [6, 6.07) is 4.82. The molecule has 1 saturated heterocycles. The first kappa shape index (κ1) is 13.8. The highest BCUT2D eigenvalue weighted by Gasteiger charge is 2.22. The molecule has 0 saturated carbocycles. The summed E-state index contributed by atoms with van der Waals surface area (Å²) < 4.78 is 13.2. The fourth-order valence-electron chi connectivity index (χ4n) is 2.54.